The van der Waals surface area contributed by atoms with E-state index in [1.807, 2.05) is 60.7 Å². The molecular formula is C34H24N4O6S4. The zero-order chi connectivity index (χ0) is 33.6. The topological polar surface area (TPSA) is 117 Å². The van der Waals surface area contributed by atoms with Crippen LogP contribution >= 0.6 is 48.0 Å². The second-order valence-electron chi connectivity index (χ2n) is 10.2. The van der Waals surface area contributed by atoms with Gasteiger partial charge < -0.3 is 9.47 Å². The van der Waals surface area contributed by atoms with Crippen molar-refractivity contribution in [3.63, 3.8) is 0 Å². The molecular weight excluding hydrogens is 689 g/mol. The standard InChI is InChI=1S/C34H24N4O6S4/c39-29(23-11-15-25(16-12-23)43-19-21-7-3-1-4-8-21)35-37-31(41)27(47-33(37)45)28-32(42)38(34(46)48-28)36-30(40)24-13-17-26(18-14-24)44-20-22-9-5-2-6-10-22/h1-18H,19-20H2,(H,35,39)(H,36,40). The van der Waals surface area contributed by atoms with Gasteiger partial charge in [-0.25, -0.2) is 0 Å². The summed E-state index contributed by atoms with van der Waals surface area (Å²) in [6, 6.07) is 32.2. The molecule has 0 aromatic heterocycles. The Morgan fingerprint density at radius 2 is 0.917 bits per heavy atom. The van der Waals surface area contributed by atoms with Crippen LogP contribution in [-0.4, -0.2) is 42.3 Å². The van der Waals surface area contributed by atoms with Crippen LogP contribution in [0.15, 0.2) is 119 Å². The van der Waals surface area contributed by atoms with Crippen LogP contribution in [0.3, 0.4) is 0 Å². The summed E-state index contributed by atoms with van der Waals surface area (Å²) in [6.45, 7) is 0.744. The molecule has 4 amide bonds. The lowest BCUT2D eigenvalue weighted by Crippen LogP contribution is -2.45. The summed E-state index contributed by atoms with van der Waals surface area (Å²) in [5, 5.41) is 1.81. The third-order valence-electron chi connectivity index (χ3n) is 6.90. The van der Waals surface area contributed by atoms with E-state index in [9.17, 15) is 19.2 Å². The molecule has 2 heterocycles. The molecule has 10 nitrogen and oxygen atoms in total. The predicted molar refractivity (Wildman–Crippen MR) is 190 cm³/mol. The Balaban J connectivity index is 1.05. The number of hydrazine groups is 2. The van der Waals surface area contributed by atoms with Gasteiger partial charge in [0.1, 0.15) is 34.5 Å². The third kappa shape index (κ3) is 7.58. The van der Waals surface area contributed by atoms with Crippen molar-refractivity contribution in [1.29, 1.82) is 0 Å². The highest BCUT2D eigenvalue weighted by Gasteiger charge is 2.43. The van der Waals surface area contributed by atoms with Crippen LogP contribution in [0.2, 0.25) is 0 Å². The van der Waals surface area contributed by atoms with Gasteiger partial charge >= 0.3 is 0 Å². The Kier molecular flexibility index (Phi) is 10.2. The van der Waals surface area contributed by atoms with E-state index < -0.39 is 23.6 Å². The van der Waals surface area contributed by atoms with Gasteiger partial charge in [-0.05, 0) is 84.1 Å². The van der Waals surface area contributed by atoms with E-state index in [4.69, 9.17) is 33.9 Å². The van der Waals surface area contributed by atoms with E-state index in [0.717, 1.165) is 44.7 Å². The minimum absolute atomic E-state index is 0.0148. The Hall–Kier alpha value is -5.02. The summed E-state index contributed by atoms with van der Waals surface area (Å²) in [5.41, 5.74) is 7.54. The molecule has 2 aliphatic rings. The number of hydrogen-bond donors (Lipinski definition) is 2. The number of hydrogen-bond acceptors (Lipinski definition) is 10. The highest BCUT2D eigenvalue weighted by atomic mass is 32.2. The molecule has 240 valence electrons. The maximum Gasteiger partial charge on any atom is 0.286 e. The largest absolute Gasteiger partial charge is 0.489 e. The van der Waals surface area contributed by atoms with Gasteiger partial charge in [-0.15, -0.1) is 0 Å². The molecule has 4 aromatic carbocycles. The van der Waals surface area contributed by atoms with Crippen molar-refractivity contribution in [2.75, 3.05) is 0 Å². The van der Waals surface area contributed by atoms with Crippen LogP contribution in [0.5, 0.6) is 11.5 Å². The lowest BCUT2D eigenvalue weighted by Gasteiger charge is -2.16. The van der Waals surface area contributed by atoms with Crippen LogP contribution in [0.25, 0.3) is 0 Å². The lowest BCUT2D eigenvalue weighted by atomic mass is 10.2. The fourth-order valence-electron chi connectivity index (χ4n) is 4.42. The van der Waals surface area contributed by atoms with Crippen LogP contribution < -0.4 is 20.3 Å². The first-order valence-electron chi connectivity index (χ1n) is 14.3. The number of nitrogens with zero attached hydrogens (tertiary/aromatic N) is 2. The van der Waals surface area contributed by atoms with Crippen LogP contribution in [-0.2, 0) is 22.8 Å². The molecule has 6 rings (SSSR count). The van der Waals surface area contributed by atoms with Crippen molar-refractivity contribution in [3.05, 3.63) is 141 Å². The molecule has 0 radical (unpaired) electrons. The number of thiocarbonyl (C=S) groups is 2. The van der Waals surface area contributed by atoms with Crippen molar-refractivity contribution >= 4 is 80.2 Å². The number of thioether (sulfide) groups is 2. The van der Waals surface area contributed by atoms with Gasteiger partial charge in [0.2, 0.25) is 0 Å². The zero-order valence-electron chi connectivity index (χ0n) is 24.8. The second kappa shape index (κ2) is 14.8. The Morgan fingerprint density at radius 3 is 1.27 bits per heavy atom. The SMILES string of the molecule is O=C(NN1C(=O)C(=C2SC(=S)N(NC(=O)c3ccc(OCc4ccccc4)cc3)C2=O)SC1=S)c1ccc(OCc2ccccc2)cc1. The van der Waals surface area contributed by atoms with E-state index in [2.05, 4.69) is 10.9 Å². The first-order chi connectivity index (χ1) is 23.3. The normalized spacial score (nSPS) is 15.9. The monoisotopic (exact) mass is 712 g/mol. The predicted octanol–water partition coefficient (Wildman–Crippen LogP) is 5.77. The van der Waals surface area contributed by atoms with Crippen molar-refractivity contribution in [2.45, 2.75) is 13.2 Å². The first kappa shape index (κ1) is 32.9. The Morgan fingerprint density at radius 1 is 0.562 bits per heavy atom. The molecule has 48 heavy (non-hydrogen) atoms. The summed E-state index contributed by atoms with van der Waals surface area (Å²) in [5.74, 6) is -1.42. The molecule has 0 saturated carbocycles. The van der Waals surface area contributed by atoms with Gasteiger partial charge in [0.15, 0.2) is 8.64 Å². The molecule has 0 aliphatic carbocycles. The molecule has 2 N–H and O–H groups in total. The smallest absolute Gasteiger partial charge is 0.286 e. The Bertz CT molecular complexity index is 1800. The van der Waals surface area contributed by atoms with Crippen molar-refractivity contribution in [1.82, 2.24) is 20.9 Å². The summed E-state index contributed by atoms with van der Waals surface area (Å²) in [7, 11) is 0. The number of ether oxygens (including phenoxy) is 2. The van der Waals surface area contributed by atoms with Crippen molar-refractivity contribution < 1.29 is 28.7 Å². The van der Waals surface area contributed by atoms with Gasteiger partial charge in [-0.3, -0.25) is 30.0 Å². The number of nitrogens with one attached hydrogen (secondary N) is 2. The molecule has 0 unspecified atom stereocenters. The molecule has 0 bridgehead atoms. The summed E-state index contributed by atoms with van der Waals surface area (Å²) < 4.78 is 11.6. The van der Waals surface area contributed by atoms with Crippen LogP contribution in [0.1, 0.15) is 31.8 Å². The van der Waals surface area contributed by atoms with Gasteiger partial charge in [0, 0.05) is 11.1 Å². The van der Waals surface area contributed by atoms with Crippen LogP contribution in [0, 0.1) is 0 Å². The molecule has 4 aromatic rings. The summed E-state index contributed by atoms with van der Waals surface area (Å²) in [4.78, 5) is 52.6. The quantitative estimate of drug-likeness (QED) is 0.155. The van der Waals surface area contributed by atoms with E-state index in [1.165, 1.54) is 0 Å². The first-order valence-corrected chi connectivity index (χ1v) is 16.7. The van der Waals surface area contributed by atoms with E-state index >= 15 is 0 Å². The van der Waals surface area contributed by atoms with Gasteiger partial charge in [0.25, 0.3) is 23.6 Å². The number of rotatable bonds is 10. The third-order valence-corrected chi connectivity index (χ3v) is 9.78. The highest BCUT2D eigenvalue weighted by molar-refractivity contribution is 8.29. The average Bonchev–Trinajstić information content (AvgIpc) is 3.55. The molecule has 0 atom stereocenters. The fraction of sp³-hybridized carbons (Fsp3) is 0.0588. The second-order valence-corrected chi connectivity index (χ2v) is 13.4. The van der Waals surface area contributed by atoms with E-state index in [0.29, 0.717) is 24.7 Å². The molecule has 14 heteroatoms. The number of amides is 4. The molecule has 2 saturated heterocycles. The minimum atomic E-state index is -0.695. The van der Waals surface area contributed by atoms with Gasteiger partial charge in [0.05, 0.1) is 0 Å². The lowest BCUT2D eigenvalue weighted by molar-refractivity contribution is -0.126. The van der Waals surface area contributed by atoms with E-state index in [1.54, 1.807) is 48.5 Å². The number of carbonyl (C=O) groups is 4. The Labute approximate surface area is 294 Å². The molecule has 2 fully saturated rings. The highest BCUT2D eigenvalue weighted by Crippen LogP contribution is 2.41. The van der Waals surface area contributed by atoms with E-state index in [-0.39, 0.29) is 29.6 Å². The average molecular weight is 713 g/mol. The fourth-order valence-corrected chi connectivity index (χ4v) is 6.93. The van der Waals surface area contributed by atoms with Gasteiger partial charge in [-0.1, -0.05) is 84.2 Å². The van der Waals surface area contributed by atoms with Crippen molar-refractivity contribution in [3.8, 4) is 11.5 Å². The molecule has 2 aliphatic heterocycles. The summed E-state index contributed by atoms with van der Waals surface area (Å²) >= 11 is 12.4. The maximum atomic E-state index is 13.3. The number of benzene rings is 4. The number of carbonyl (C=O) groups excluding carboxylic acids is 4. The maximum absolute atomic E-state index is 13.3. The molecule has 0 spiro atoms. The minimum Gasteiger partial charge on any atom is -0.489 e. The van der Waals surface area contributed by atoms with Crippen molar-refractivity contribution in [2.24, 2.45) is 0 Å². The summed E-state index contributed by atoms with van der Waals surface area (Å²) in [6.07, 6.45) is 0. The van der Waals surface area contributed by atoms with Gasteiger partial charge in [-0.2, -0.15) is 10.0 Å². The zero-order valence-corrected chi connectivity index (χ0v) is 28.0. The van der Waals surface area contributed by atoms with Crippen LogP contribution in [0.4, 0.5) is 0 Å².